The Kier molecular flexibility index (Phi) is 5.39. The molecule has 0 saturated carbocycles. The fraction of sp³-hybridized carbons (Fsp3) is 0. The largest absolute Gasteiger partial charge is 0.265 e. The van der Waals surface area contributed by atoms with Gasteiger partial charge in [0.25, 0.3) is 0 Å². The zero-order valence-electron chi connectivity index (χ0n) is 17.0. The van der Waals surface area contributed by atoms with Crippen LogP contribution in [0.2, 0.25) is 0 Å². The highest BCUT2D eigenvalue weighted by Gasteiger charge is 2.14. The van der Waals surface area contributed by atoms with Crippen LogP contribution in [0.1, 0.15) is 10.6 Å². The average molecular weight is 432 g/mol. The highest BCUT2D eigenvalue weighted by molar-refractivity contribution is 7.11. The Labute approximate surface area is 189 Å². The standard InChI is InChI=1S/C26H17N5S/c27-16-21(26-29-24(18-32-26)19-7-3-1-4-8-19)15-22-17-31(23-9-5-2-6-10-23)30-25(22)20-11-13-28-14-12-20/h1-15,17-18H/b21-15+. The van der Waals surface area contributed by atoms with Crippen LogP contribution >= 0.6 is 11.3 Å². The van der Waals surface area contributed by atoms with Crippen molar-refractivity contribution in [3.63, 3.8) is 0 Å². The average Bonchev–Trinajstić information content (AvgIpc) is 3.52. The molecule has 0 N–H and O–H groups in total. The summed E-state index contributed by atoms with van der Waals surface area (Å²) in [7, 11) is 0. The van der Waals surface area contributed by atoms with Gasteiger partial charge >= 0.3 is 0 Å². The maximum absolute atomic E-state index is 9.92. The van der Waals surface area contributed by atoms with E-state index < -0.39 is 0 Å². The Morgan fingerprint density at radius 1 is 0.906 bits per heavy atom. The van der Waals surface area contributed by atoms with E-state index in [-0.39, 0.29) is 0 Å². The molecule has 0 unspecified atom stereocenters. The molecule has 3 heterocycles. The number of nitriles is 1. The van der Waals surface area contributed by atoms with E-state index in [1.54, 1.807) is 12.4 Å². The summed E-state index contributed by atoms with van der Waals surface area (Å²) in [5.41, 5.74) is 5.89. The molecule has 3 aromatic heterocycles. The molecule has 5 nitrogen and oxygen atoms in total. The minimum absolute atomic E-state index is 0.500. The van der Waals surface area contributed by atoms with E-state index >= 15 is 0 Å². The predicted octanol–water partition coefficient (Wildman–Crippen LogP) is 6.12. The number of hydrogen-bond donors (Lipinski definition) is 0. The second-order valence-electron chi connectivity index (χ2n) is 7.02. The van der Waals surface area contributed by atoms with Crippen molar-refractivity contribution in [2.75, 3.05) is 0 Å². The fourth-order valence-corrected chi connectivity index (χ4v) is 4.17. The number of benzene rings is 2. The molecule has 0 spiro atoms. The number of hydrogen-bond acceptors (Lipinski definition) is 5. The lowest BCUT2D eigenvalue weighted by molar-refractivity contribution is 0.884. The SMILES string of the molecule is N#C/C(=C\c1cn(-c2ccccc2)nc1-c1ccncc1)c1nc(-c2ccccc2)cs1. The number of nitrogens with zero attached hydrogens (tertiary/aromatic N) is 5. The smallest absolute Gasteiger partial charge is 0.134 e. The van der Waals surface area contributed by atoms with Crippen molar-refractivity contribution in [3.05, 3.63) is 107 Å². The van der Waals surface area contributed by atoms with E-state index in [0.29, 0.717) is 10.6 Å². The predicted molar refractivity (Wildman–Crippen MR) is 128 cm³/mol. The second-order valence-corrected chi connectivity index (χ2v) is 7.88. The summed E-state index contributed by atoms with van der Waals surface area (Å²) in [6.07, 6.45) is 7.27. The summed E-state index contributed by atoms with van der Waals surface area (Å²) in [6.45, 7) is 0. The lowest BCUT2D eigenvalue weighted by Gasteiger charge is -2.00. The number of para-hydroxylation sites is 1. The third-order valence-corrected chi connectivity index (χ3v) is 5.82. The second kappa shape index (κ2) is 8.80. The quantitative estimate of drug-likeness (QED) is 0.314. The molecule has 152 valence electrons. The molecule has 5 rings (SSSR count). The van der Waals surface area contributed by atoms with Gasteiger partial charge < -0.3 is 0 Å². The summed E-state index contributed by atoms with van der Waals surface area (Å²) in [4.78, 5) is 8.82. The van der Waals surface area contributed by atoms with Crippen LogP contribution in [0.25, 0.3) is 39.9 Å². The minimum Gasteiger partial charge on any atom is -0.265 e. The normalized spacial score (nSPS) is 11.3. The van der Waals surface area contributed by atoms with Gasteiger partial charge in [0.1, 0.15) is 16.8 Å². The van der Waals surface area contributed by atoms with E-state index in [1.807, 2.05) is 95.1 Å². The van der Waals surface area contributed by atoms with Crippen molar-refractivity contribution in [1.29, 1.82) is 5.26 Å². The van der Waals surface area contributed by atoms with Gasteiger partial charge in [-0.15, -0.1) is 11.3 Å². The Bertz CT molecular complexity index is 1410. The Hall–Kier alpha value is -4.34. The van der Waals surface area contributed by atoms with Crippen molar-refractivity contribution < 1.29 is 0 Å². The summed E-state index contributed by atoms with van der Waals surface area (Å²) < 4.78 is 1.83. The van der Waals surface area contributed by atoms with E-state index in [9.17, 15) is 5.26 Å². The Morgan fingerprint density at radius 3 is 2.34 bits per heavy atom. The molecular weight excluding hydrogens is 414 g/mol. The van der Waals surface area contributed by atoms with E-state index in [0.717, 1.165) is 33.8 Å². The van der Waals surface area contributed by atoms with Gasteiger partial charge in [0, 0.05) is 40.7 Å². The molecule has 5 aromatic rings. The van der Waals surface area contributed by atoms with Crippen LogP contribution in [0.15, 0.2) is 96.8 Å². The van der Waals surface area contributed by atoms with E-state index in [1.165, 1.54) is 11.3 Å². The molecule has 0 bridgehead atoms. The maximum atomic E-state index is 9.92. The fourth-order valence-electron chi connectivity index (χ4n) is 3.38. The van der Waals surface area contributed by atoms with Gasteiger partial charge in [-0.05, 0) is 30.3 Å². The van der Waals surface area contributed by atoms with Gasteiger partial charge in [-0.25, -0.2) is 9.67 Å². The summed E-state index contributed by atoms with van der Waals surface area (Å²) >= 11 is 1.46. The summed E-state index contributed by atoms with van der Waals surface area (Å²) in [5.74, 6) is 0. The van der Waals surface area contributed by atoms with Gasteiger partial charge in [-0.1, -0.05) is 48.5 Å². The molecule has 0 aliphatic rings. The summed E-state index contributed by atoms with van der Waals surface area (Å²) in [6, 6.07) is 26.0. The minimum atomic E-state index is 0.500. The van der Waals surface area contributed by atoms with Crippen molar-refractivity contribution in [2.24, 2.45) is 0 Å². The van der Waals surface area contributed by atoms with Crippen molar-refractivity contribution in [3.8, 4) is 34.3 Å². The van der Waals surface area contributed by atoms with Crippen LogP contribution < -0.4 is 0 Å². The van der Waals surface area contributed by atoms with E-state index in [2.05, 4.69) is 11.1 Å². The number of pyridine rings is 1. The molecule has 0 atom stereocenters. The monoisotopic (exact) mass is 431 g/mol. The topological polar surface area (TPSA) is 67.4 Å². The van der Waals surface area contributed by atoms with Crippen LogP contribution in [0, 0.1) is 11.3 Å². The first-order valence-electron chi connectivity index (χ1n) is 10.0. The van der Waals surface area contributed by atoms with Crippen LogP contribution in [-0.4, -0.2) is 19.7 Å². The van der Waals surface area contributed by atoms with Crippen LogP contribution in [0.3, 0.4) is 0 Å². The van der Waals surface area contributed by atoms with Gasteiger partial charge in [0.05, 0.1) is 17.0 Å². The molecule has 0 amide bonds. The van der Waals surface area contributed by atoms with Gasteiger partial charge in [-0.3, -0.25) is 4.98 Å². The lowest BCUT2D eigenvalue weighted by Crippen LogP contribution is -1.93. The number of allylic oxidation sites excluding steroid dienone is 1. The molecule has 0 aliphatic heterocycles. The molecule has 2 aromatic carbocycles. The first kappa shape index (κ1) is 19.6. The first-order valence-corrected chi connectivity index (χ1v) is 10.9. The number of thiazole rings is 1. The maximum Gasteiger partial charge on any atom is 0.134 e. The third kappa shape index (κ3) is 3.97. The van der Waals surface area contributed by atoms with Crippen LogP contribution in [0.4, 0.5) is 0 Å². The molecule has 6 heteroatoms. The molecule has 0 aliphatic carbocycles. The van der Waals surface area contributed by atoms with E-state index in [4.69, 9.17) is 10.1 Å². The molecule has 0 fully saturated rings. The lowest BCUT2D eigenvalue weighted by atomic mass is 10.1. The van der Waals surface area contributed by atoms with Crippen molar-refractivity contribution >= 4 is 23.0 Å². The Morgan fingerprint density at radius 2 is 1.62 bits per heavy atom. The third-order valence-electron chi connectivity index (χ3n) is 4.94. The van der Waals surface area contributed by atoms with Crippen LogP contribution in [0.5, 0.6) is 0 Å². The van der Waals surface area contributed by atoms with Gasteiger partial charge in [0.15, 0.2) is 0 Å². The van der Waals surface area contributed by atoms with Gasteiger partial charge in [0.2, 0.25) is 0 Å². The highest BCUT2D eigenvalue weighted by atomic mass is 32.1. The molecular formula is C26H17N5S. The molecule has 32 heavy (non-hydrogen) atoms. The zero-order chi connectivity index (χ0) is 21.8. The van der Waals surface area contributed by atoms with Crippen molar-refractivity contribution in [1.82, 2.24) is 19.7 Å². The van der Waals surface area contributed by atoms with Crippen molar-refractivity contribution in [2.45, 2.75) is 0 Å². The molecule has 0 radical (unpaired) electrons. The molecule has 0 saturated heterocycles. The highest BCUT2D eigenvalue weighted by Crippen LogP contribution is 2.30. The van der Waals surface area contributed by atoms with Crippen LogP contribution in [-0.2, 0) is 0 Å². The summed E-state index contributed by atoms with van der Waals surface area (Å²) in [5, 5.41) is 17.4. The first-order chi connectivity index (χ1) is 15.8. The Balaban J connectivity index is 1.59. The number of rotatable bonds is 5. The van der Waals surface area contributed by atoms with Gasteiger partial charge in [-0.2, -0.15) is 10.4 Å². The zero-order valence-corrected chi connectivity index (χ0v) is 17.8. The number of aromatic nitrogens is 4.